The van der Waals surface area contributed by atoms with Crippen LogP contribution in [0.3, 0.4) is 0 Å². The summed E-state index contributed by atoms with van der Waals surface area (Å²) in [6.45, 7) is 6.06. The first-order valence-electron chi connectivity index (χ1n) is 7.43. The van der Waals surface area contributed by atoms with Crippen molar-refractivity contribution in [3.05, 3.63) is 36.4 Å². The number of amides is 2. The standard InChI is InChI=1S/C10H13ClN2O5S.C6H4O/c1-5(2)8(9(16)17)13-7(15)4-10(13,19(11)18)12-6(3)14;1-2-5-4-6(3-1)7-5/h8H,1,4H2,2-3H3,(H,12,14)(H,16,17);1-4H. The Morgan fingerprint density at radius 3 is 2.19 bits per heavy atom. The highest BCUT2D eigenvalue weighted by Crippen LogP contribution is 2.38. The van der Waals surface area contributed by atoms with Crippen LogP contribution in [0.15, 0.2) is 36.4 Å². The van der Waals surface area contributed by atoms with Gasteiger partial charge in [-0.2, -0.15) is 0 Å². The summed E-state index contributed by atoms with van der Waals surface area (Å²) in [5.41, 5.74) is 0.164. The number of rotatable bonds is 5. The monoisotopic (exact) mass is 400 g/mol. The first-order valence-corrected chi connectivity index (χ1v) is 9.41. The van der Waals surface area contributed by atoms with E-state index in [0.29, 0.717) is 0 Å². The lowest BCUT2D eigenvalue weighted by molar-refractivity contribution is -0.165. The molecule has 0 saturated carbocycles. The molecule has 3 heterocycles. The number of carbonyl (C=O) groups excluding carboxylic acids is 2. The molecule has 26 heavy (non-hydrogen) atoms. The van der Waals surface area contributed by atoms with Gasteiger partial charge in [-0.1, -0.05) is 12.6 Å². The van der Waals surface area contributed by atoms with E-state index in [1.165, 1.54) is 6.92 Å². The van der Waals surface area contributed by atoms with Gasteiger partial charge in [0, 0.05) is 13.0 Å². The molecule has 140 valence electrons. The zero-order chi connectivity index (χ0) is 19.6. The number of hydrogen-bond acceptors (Lipinski definition) is 5. The van der Waals surface area contributed by atoms with Gasteiger partial charge in [0.05, 0.1) is 6.42 Å². The lowest BCUT2D eigenvalue weighted by Gasteiger charge is -2.51. The number of likely N-dealkylation sites (tertiary alicyclic amines) is 1. The summed E-state index contributed by atoms with van der Waals surface area (Å²) in [5, 5.41) is 11.4. The molecular formula is C16H17ClN2O6S. The molecule has 0 spiro atoms. The second-order valence-corrected chi connectivity index (χ2v) is 7.76. The number of halogens is 1. The van der Waals surface area contributed by atoms with Crippen molar-refractivity contribution in [1.29, 1.82) is 0 Å². The summed E-state index contributed by atoms with van der Waals surface area (Å²) in [5.74, 6) is -0.511. The zero-order valence-corrected chi connectivity index (χ0v) is 15.6. The fourth-order valence-electron chi connectivity index (χ4n) is 2.61. The van der Waals surface area contributed by atoms with Crippen LogP contribution >= 0.6 is 10.7 Å². The third-order valence-electron chi connectivity index (χ3n) is 3.69. The first-order chi connectivity index (χ1) is 12.1. The van der Waals surface area contributed by atoms with Gasteiger partial charge in [-0.05, 0) is 35.3 Å². The zero-order valence-electron chi connectivity index (χ0n) is 14.0. The van der Waals surface area contributed by atoms with Gasteiger partial charge in [0.25, 0.3) is 0 Å². The van der Waals surface area contributed by atoms with Gasteiger partial charge < -0.3 is 15.2 Å². The molecule has 2 bridgehead atoms. The highest BCUT2D eigenvalue weighted by Gasteiger charge is 2.60. The third kappa shape index (κ3) is 3.73. The smallest absolute Gasteiger partial charge is 0.330 e. The lowest BCUT2D eigenvalue weighted by atomic mass is 10.00. The van der Waals surface area contributed by atoms with Crippen molar-refractivity contribution < 1.29 is 28.4 Å². The molecular weight excluding hydrogens is 384 g/mol. The van der Waals surface area contributed by atoms with Crippen molar-refractivity contribution in [1.82, 2.24) is 10.2 Å². The molecule has 0 aromatic heterocycles. The minimum absolute atomic E-state index is 0.164. The Morgan fingerprint density at radius 1 is 1.42 bits per heavy atom. The molecule has 3 aliphatic rings. The number of nitrogens with zero attached hydrogens (tertiary/aromatic N) is 1. The second-order valence-electron chi connectivity index (χ2n) is 5.79. The number of nitrogens with one attached hydrogen (secondary N) is 1. The number of β-lactam (4-membered cyclic amide) rings is 1. The fraction of sp³-hybridized carbons (Fsp3) is 0.312. The van der Waals surface area contributed by atoms with E-state index in [1.807, 2.05) is 24.3 Å². The Labute approximate surface area is 156 Å². The van der Waals surface area contributed by atoms with E-state index in [1.54, 1.807) is 0 Å². The number of carboxylic acid groups (broad SMARTS) is 1. The van der Waals surface area contributed by atoms with E-state index in [-0.39, 0.29) is 12.0 Å². The van der Waals surface area contributed by atoms with Gasteiger partial charge in [-0.25, -0.2) is 9.00 Å². The lowest BCUT2D eigenvalue weighted by Crippen LogP contribution is -2.76. The summed E-state index contributed by atoms with van der Waals surface area (Å²) in [6, 6.07) is 6.46. The molecule has 3 aliphatic heterocycles. The predicted molar refractivity (Wildman–Crippen MR) is 94.8 cm³/mol. The van der Waals surface area contributed by atoms with Crippen LogP contribution in [-0.4, -0.2) is 43.0 Å². The molecule has 0 aliphatic carbocycles. The van der Waals surface area contributed by atoms with Gasteiger partial charge in [0.2, 0.25) is 16.8 Å². The van der Waals surface area contributed by atoms with Crippen LogP contribution in [0.25, 0.3) is 0 Å². The number of hydrogen-bond donors (Lipinski definition) is 2. The van der Waals surface area contributed by atoms with Gasteiger partial charge in [0.15, 0.2) is 16.1 Å². The molecule has 2 N–H and O–H groups in total. The highest BCUT2D eigenvalue weighted by molar-refractivity contribution is 8.09. The summed E-state index contributed by atoms with van der Waals surface area (Å²) in [6.07, 6.45) is -0.320. The quantitative estimate of drug-likeness (QED) is 0.449. The van der Waals surface area contributed by atoms with Crippen LogP contribution in [0.5, 0.6) is 11.5 Å². The molecule has 10 heteroatoms. The van der Waals surface area contributed by atoms with Crippen molar-refractivity contribution in [2.75, 3.05) is 0 Å². The van der Waals surface area contributed by atoms with Crippen LogP contribution in [0.1, 0.15) is 20.3 Å². The summed E-state index contributed by atoms with van der Waals surface area (Å²) in [7, 11) is 3.37. The van der Waals surface area contributed by atoms with Gasteiger partial charge in [0.1, 0.15) is 11.5 Å². The Kier molecular flexibility index (Phi) is 5.72. The number of carbonyl (C=O) groups is 3. The fourth-order valence-corrected chi connectivity index (χ4v) is 3.94. The molecule has 0 radical (unpaired) electrons. The van der Waals surface area contributed by atoms with E-state index in [2.05, 4.69) is 11.9 Å². The second kappa shape index (κ2) is 7.46. The average molecular weight is 401 g/mol. The van der Waals surface area contributed by atoms with Gasteiger partial charge >= 0.3 is 5.97 Å². The van der Waals surface area contributed by atoms with Crippen LogP contribution in [0.2, 0.25) is 0 Å². The van der Waals surface area contributed by atoms with E-state index in [9.17, 15) is 18.6 Å². The molecule has 1 fully saturated rings. The van der Waals surface area contributed by atoms with Crippen molar-refractivity contribution in [3.8, 4) is 11.5 Å². The minimum atomic E-state index is -2.17. The van der Waals surface area contributed by atoms with Crippen molar-refractivity contribution in [3.63, 3.8) is 0 Å². The molecule has 4 rings (SSSR count). The van der Waals surface area contributed by atoms with E-state index in [4.69, 9.17) is 20.5 Å². The number of ether oxygens (including phenoxy) is 1. The Bertz CT molecular complexity index is 775. The van der Waals surface area contributed by atoms with Crippen LogP contribution in [-0.2, 0) is 24.4 Å². The maximum Gasteiger partial charge on any atom is 0.330 e. The third-order valence-corrected chi connectivity index (χ3v) is 5.43. The van der Waals surface area contributed by atoms with E-state index < -0.39 is 38.8 Å². The summed E-state index contributed by atoms with van der Waals surface area (Å²) in [4.78, 5) is 33.1. The number of aliphatic carboxylic acids is 1. The SMILES string of the molecule is C=C(C)C(C(=O)O)N1C(=O)CC1(NC(C)=O)S(=O)Cl.c1cc2cc(c1)O2. The maximum absolute atomic E-state index is 11.7. The molecule has 1 saturated heterocycles. The van der Waals surface area contributed by atoms with E-state index in [0.717, 1.165) is 23.3 Å². The molecule has 8 nitrogen and oxygen atoms in total. The Morgan fingerprint density at radius 2 is 1.96 bits per heavy atom. The van der Waals surface area contributed by atoms with Crippen LogP contribution < -0.4 is 10.1 Å². The van der Waals surface area contributed by atoms with Crippen LogP contribution in [0.4, 0.5) is 0 Å². The molecule has 2 amide bonds. The Hall–Kier alpha value is -2.39. The molecule has 3 atom stereocenters. The summed E-state index contributed by atoms with van der Waals surface area (Å²) >= 11 is 0. The average Bonchev–Trinajstić information content (AvgIpc) is 2.51. The Balaban J connectivity index is 0.000000282. The minimum Gasteiger partial charge on any atom is -0.479 e. The first kappa shape index (κ1) is 19.9. The predicted octanol–water partition coefficient (Wildman–Crippen LogP) is 1.73. The number of fused-ring (bicyclic) bond motifs is 2. The molecule has 1 aromatic carbocycles. The largest absolute Gasteiger partial charge is 0.479 e. The van der Waals surface area contributed by atoms with E-state index >= 15 is 0 Å². The van der Waals surface area contributed by atoms with Gasteiger partial charge in [-0.3, -0.25) is 14.5 Å². The van der Waals surface area contributed by atoms with Crippen molar-refractivity contribution >= 4 is 38.5 Å². The van der Waals surface area contributed by atoms with Gasteiger partial charge in [-0.15, -0.1) is 0 Å². The molecule has 1 aromatic rings. The van der Waals surface area contributed by atoms with Crippen LogP contribution in [0, 0.1) is 0 Å². The highest BCUT2D eigenvalue weighted by atomic mass is 35.7. The number of carboxylic acids is 1. The van der Waals surface area contributed by atoms with Crippen molar-refractivity contribution in [2.45, 2.75) is 31.3 Å². The van der Waals surface area contributed by atoms with Crippen molar-refractivity contribution in [2.24, 2.45) is 0 Å². The molecule has 3 unspecified atom stereocenters. The normalized spacial score (nSPS) is 21.7. The topological polar surface area (TPSA) is 113 Å². The maximum atomic E-state index is 11.7. The summed E-state index contributed by atoms with van der Waals surface area (Å²) < 4.78 is 16.6. The number of benzene rings is 1.